The maximum Gasteiger partial charge on any atom is 0.420 e. The zero-order valence-electron chi connectivity index (χ0n) is 24.9. The summed E-state index contributed by atoms with van der Waals surface area (Å²) in [4.78, 5) is 52.4. The highest BCUT2D eigenvalue weighted by atomic mass is 32.2. The molecule has 2 aromatic carbocycles. The number of rotatable bonds is 11. The number of sulfone groups is 1. The van der Waals surface area contributed by atoms with Crippen molar-refractivity contribution in [1.82, 2.24) is 10.2 Å². The smallest absolute Gasteiger partial charge is 0.420 e. The van der Waals surface area contributed by atoms with Crippen molar-refractivity contribution in [3.63, 3.8) is 0 Å². The van der Waals surface area contributed by atoms with Crippen LogP contribution in [0.25, 0.3) is 0 Å². The molecule has 0 spiro atoms. The van der Waals surface area contributed by atoms with E-state index in [2.05, 4.69) is 5.32 Å². The monoisotopic (exact) mass is 604 g/mol. The van der Waals surface area contributed by atoms with Gasteiger partial charge in [0.2, 0.25) is 0 Å². The van der Waals surface area contributed by atoms with Gasteiger partial charge in [-0.25, -0.2) is 27.7 Å². The van der Waals surface area contributed by atoms with Gasteiger partial charge in [0.05, 0.1) is 10.9 Å². The summed E-state index contributed by atoms with van der Waals surface area (Å²) in [6, 6.07) is 15.4. The minimum Gasteiger partial charge on any atom is -0.445 e. The van der Waals surface area contributed by atoms with E-state index in [9.17, 15) is 27.6 Å². The molecule has 0 aliphatic carbocycles. The quantitative estimate of drug-likeness (QED) is 0.339. The maximum absolute atomic E-state index is 13.2. The molecule has 0 aromatic heterocycles. The van der Waals surface area contributed by atoms with E-state index in [-0.39, 0.29) is 30.9 Å². The van der Waals surface area contributed by atoms with Crippen LogP contribution in [0.3, 0.4) is 0 Å². The van der Waals surface area contributed by atoms with Crippen molar-refractivity contribution >= 4 is 33.9 Å². The Morgan fingerprint density at radius 3 is 1.81 bits per heavy atom. The number of benzene rings is 2. The van der Waals surface area contributed by atoms with Crippen LogP contribution in [0.4, 0.5) is 14.4 Å². The maximum atomic E-state index is 13.2. The first-order valence-corrected chi connectivity index (χ1v) is 15.1. The van der Waals surface area contributed by atoms with Crippen LogP contribution in [-0.4, -0.2) is 66.9 Å². The summed E-state index contributed by atoms with van der Waals surface area (Å²) < 4.78 is 41.5. The number of ketones is 1. The lowest BCUT2D eigenvalue weighted by atomic mass is 10.1. The average molecular weight is 605 g/mol. The Bertz CT molecular complexity index is 1290. The van der Waals surface area contributed by atoms with E-state index in [0.29, 0.717) is 4.90 Å². The number of nitrogens with zero attached hydrogens (tertiary/aromatic N) is 1. The van der Waals surface area contributed by atoms with Gasteiger partial charge in [-0.15, -0.1) is 0 Å². The van der Waals surface area contributed by atoms with Gasteiger partial charge < -0.3 is 19.5 Å². The lowest BCUT2D eigenvalue weighted by Gasteiger charge is -2.33. The lowest BCUT2D eigenvalue weighted by Crippen LogP contribution is -2.53. The minimum atomic E-state index is -3.90. The normalized spacial score (nSPS) is 12.5. The molecule has 0 saturated carbocycles. The van der Waals surface area contributed by atoms with E-state index in [1.165, 1.54) is 12.1 Å². The fourth-order valence-corrected chi connectivity index (χ4v) is 4.92. The molecule has 0 unspecified atom stereocenters. The highest BCUT2D eigenvalue weighted by molar-refractivity contribution is 7.92. The molecule has 0 aliphatic rings. The predicted molar refractivity (Wildman–Crippen MR) is 155 cm³/mol. The predicted octanol–water partition coefficient (Wildman–Crippen LogP) is 5.28. The topological polar surface area (TPSA) is 145 Å². The number of nitrogens with one attached hydrogen (secondary N) is 1. The van der Waals surface area contributed by atoms with E-state index in [4.69, 9.17) is 14.2 Å². The molecule has 2 rings (SSSR count). The largest absolute Gasteiger partial charge is 0.445 e. The molecule has 1 N–H and O–H groups in total. The van der Waals surface area contributed by atoms with Crippen molar-refractivity contribution in [3.8, 4) is 0 Å². The third kappa shape index (κ3) is 12.3. The molecular weight excluding hydrogens is 564 g/mol. The SMILES string of the molecule is CC(C)(C)OC(=O)N(C(=O)OC(C)(C)C)[C@@H](CCC(=O)CS(=O)(=O)c1ccccc1)CNC(=O)OCc1ccccc1. The number of Topliss-reactive ketones (excluding diaryl/α,β-unsaturated/α-hetero) is 1. The van der Waals surface area contributed by atoms with Gasteiger partial charge in [-0.05, 0) is 65.7 Å². The Hall–Kier alpha value is -3.93. The van der Waals surface area contributed by atoms with Crippen LogP contribution < -0.4 is 5.32 Å². The number of ether oxygens (including phenoxy) is 3. The van der Waals surface area contributed by atoms with Gasteiger partial charge in [-0.2, -0.15) is 0 Å². The first-order valence-electron chi connectivity index (χ1n) is 13.5. The average Bonchev–Trinajstić information content (AvgIpc) is 2.87. The van der Waals surface area contributed by atoms with Crippen molar-refractivity contribution in [2.24, 2.45) is 0 Å². The van der Waals surface area contributed by atoms with Crippen LogP contribution in [0.1, 0.15) is 59.9 Å². The summed E-state index contributed by atoms with van der Waals surface area (Å²) in [6.07, 6.45) is -3.42. The van der Waals surface area contributed by atoms with Crippen LogP contribution in [-0.2, 0) is 35.4 Å². The van der Waals surface area contributed by atoms with Crippen molar-refractivity contribution in [1.29, 1.82) is 0 Å². The fraction of sp³-hybridized carbons (Fsp3) is 0.467. The molecule has 0 heterocycles. The van der Waals surface area contributed by atoms with Gasteiger partial charge in [0.25, 0.3) is 0 Å². The Morgan fingerprint density at radius 2 is 1.31 bits per heavy atom. The van der Waals surface area contributed by atoms with E-state index in [1.807, 2.05) is 6.07 Å². The van der Waals surface area contributed by atoms with Gasteiger partial charge in [0, 0.05) is 13.0 Å². The standard InChI is InChI=1S/C30H40N2O9S/c1-29(2,3)40-27(35)32(28(36)41-30(4,5)6)23(19-31-26(34)39-20-22-13-9-7-10-14-22)17-18-24(33)21-42(37,38)25-15-11-8-12-16-25/h7-16,23H,17-21H2,1-6H3,(H,31,34)/t23-/m0/s1. The second kappa shape index (κ2) is 14.8. The van der Waals surface area contributed by atoms with Crippen LogP contribution in [0, 0.1) is 0 Å². The molecule has 2 aromatic rings. The third-order valence-corrected chi connectivity index (χ3v) is 7.14. The second-order valence-corrected chi connectivity index (χ2v) is 13.6. The summed E-state index contributed by atoms with van der Waals surface area (Å²) in [5, 5.41) is 2.52. The molecule has 0 fully saturated rings. The summed E-state index contributed by atoms with van der Waals surface area (Å²) in [5.74, 6) is -1.40. The fourth-order valence-electron chi connectivity index (χ4n) is 3.62. The van der Waals surface area contributed by atoms with Crippen molar-refractivity contribution in [2.45, 2.75) is 83.1 Å². The molecular formula is C30H40N2O9S. The van der Waals surface area contributed by atoms with Gasteiger partial charge >= 0.3 is 18.3 Å². The summed E-state index contributed by atoms with van der Waals surface area (Å²) in [5.41, 5.74) is -1.22. The van der Waals surface area contributed by atoms with Crippen LogP contribution in [0.5, 0.6) is 0 Å². The van der Waals surface area contributed by atoms with E-state index in [1.54, 1.807) is 84.0 Å². The number of carbonyl (C=O) groups is 4. The summed E-state index contributed by atoms with van der Waals surface area (Å²) >= 11 is 0. The van der Waals surface area contributed by atoms with Gasteiger partial charge in [-0.1, -0.05) is 48.5 Å². The van der Waals surface area contributed by atoms with E-state index < -0.39 is 56.9 Å². The van der Waals surface area contributed by atoms with Crippen LogP contribution >= 0.6 is 0 Å². The molecule has 1 atom stereocenters. The number of alkyl carbamates (subject to hydrolysis) is 1. The number of hydrogen-bond acceptors (Lipinski definition) is 9. The Kier molecular flexibility index (Phi) is 12.1. The third-order valence-electron chi connectivity index (χ3n) is 5.45. The number of carbonyl (C=O) groups excluding carboxylic acids is 4. The molecule has 0 bridgehead atoms. The lowest BCUT2D eigenvalue weighted by molar-refractivity contribution is -0.117. The Morgan fingerprint density at radius 1 is 0.810 bits per heavy atom. The van der Waals surface area contributed by atoms with Crippen LogP contribution in [0.2, 0.25) is 0 Å². The number of amides is 3. The first kappa shape index (κ1) is 34.3. The Balaban J connectivity index is 2.25. The zero-order valence-corrected chi connectivity index (χ0v) is 25.7. The second-order valence-electron chi connectivity index (χ2n) is 11.6. The molecule has 42 heavy (non-hydrogen) atoms. The molecule has 12 heteroatoms. The Labute approximate surface area is 247 Å². The molecule has 230 valence electrons. The molecule has 11 nitrogen and oxygen atoms in total. The minimum absolute atomic E-state index is 0.00173. The van der Waals surface area contributed by atoms with Gasteiger partial charge in [0.15, 0.2) is 9.84 Å². The van der Waals surface area contributed by atoms with Crippen molar-refractivity contribution in [3.05, 3.63) is 66.2 Å². The molecule has 0 aliphatic heterocycles. The van der Waals surface area contributed by atoms with Gasteiger partial charge in [0.1, 0.15) is 29.3 Å². The van der Waals surface area contributed by atoms with Gasteiger partial charge in [-0.3, -0.25) is 4.79 Å². The molecule has 0 radical (unpaired) electrons. The van der Waals surface area contributed by atoms with Crippen molar-refractivity contribution < 1.29 is 41.8 Å². The van der Waals surface area contributed by atoms with E-state index in [0.717, 1.165) is 5.56 Å². The number of imide groups is 1. The molecule has 3 amide bonds. The summed E-state index contributed by atoms with van der Waals surface area (Å²) in [6.45, 7) is 9.36. The highest BCUT2D eigenvalue weighted by Gasteiger charge is 2.37. The summed E-state index contributed by atoms with van der Waals surface area (Å²) in [7, 11) is -3.90. The zero-order chi connectivity index (χ0) is 31.6. The van der Waals surface area contributed by atoms with Crippen LogP contribution in [0.15, 0.2) is 65.6 Å². The molecule has 0 saturated heterocycles. The van der Waals surface area contributed by atoms with E-state index >= 15 is 0 Å². The van der Waals surface area contributed by atoms with Crippen molar-refractivity contribution in [2.75, 3.05) is 12.3 Å². The first-order chi connectivity index (χ1) is 19.5. The number of hydrogen-bond donors (Lipinski definition) is 1. The highest BCUT2D eigenvalue weighted by Crippen LogP contribution is 2.20.